The van der Waals surface area contributed by atoms with Gasteiger partial charge in [0, 0.05) is 11.3 Å². The summed E-state index contributed by atoms with van der Waals surface area (Å²) < 4.78 is 15.6. The van der Waals surface area contributed by atoms with Crippen LogP contribution >= 0.6 is 11.3 Å². The summed E-state index contributed by atoms with van der Waals surface area (Å²) in [6.07, 6.45) is 2.11. The third kappa shape index (κ3) is 1.94. The Bertz CT molecular complexity index is 864. The van der Waals surface area contributed by atoms with E-state index in [0.29, 0.717) is 16.4 Å². The highest BCUT2D eigenvalue weighted by Crippen LogP contribution is 2.44. The summed E-state index contributed by atoms with van der Waals surface area (Å²) in [5.41, 5.74) is 1.24. The summed E-state index contributed by atoms with van der Waals surface area (Å²) in [5.74, 6) is -0.954. The molecule has 1 aliphatic rings. The van der Waals surface area contributed by atoms with E-state index in [-0.39, 0.29) is 10.7 Å². The highest BCUT2D eigenvalue weighted by molar-refractivity contribution is 7.20. The Kier molecular flexibility index (Phi) is 2.62. The molecule has 0 unspecified atom stereocenters. The number of carboxylic acids is 1. The molecule has 21 heavy (non-hydrogen) atoms. The van der Waals surface area contributed by atoms with Gasteiger partial charge >= 0.3 is 5.97 Å². The van der Waals surface area contributed by atoms with Crippen LogP contribution < -0.4 is 0 Å². The van der Waals surface area contributed by atoms with Gasteiger partial charge in [-0.2, -0.15) is 5.10 Å². The molecule has 0 radical (unpaired) electrons. The SMILES string of the molecule is O=C(O)c1cc2c(C3CC3)nn(-c3ccccc3F)c2s1. The highest BCUT2D eigenvalue weighted by Gasteiger charge is 2.31. The first-order chi connectivity index (χ1) is 10.1. The Hall–Kier alpha value is -2.21. The van der Waals surface area contributed by atoms with Crippen LogP contribution in [0, 0.1) is 5.82 Å². The maximum atomic E-state index is 14.0. The van der Waals surface area contributed by atoms with Crippen LogP contribution in [0.3, 0.4) is 0 Å². The lowest BCUT2D eigenvalue weighted by Gasteiger charge is -2.03. The molecule has 0 aliphatic heterocycles. The predicted octanol–water partition coefficient (Wildman–Crippen LogP) is 3.80. The van der Waals surface area contributed by atoms with E-state index in [1.165, 1.54) is 10.7 Å². The average molecular weight is 302 g/mol. The molecule has 0 bridgehead atoms. The van der Waals surface area contributed by atoms with Crippen LogP contribution in [0.1, 0.15) is 34.1 Å². The zero-order valence-electron chi connectivity index (χ0n) is 10.9. The number of carbonyl (C=O) groups is 1. The second-order valence-corrected chi connectivity index (χ2v) is 6.19. The van der Waals surface area contributed by atoms with E-state index >= 15 is 0 Å². The van der Waals surface area contributed by atoms with Crippen molar-refractivity contribution >= 4 is 27.5 Å². The second-order valence-electron chi connectivity index (χ2n) is 5.16. The smallest absolute Gasteiger partial charge is 0.345 e. The molecule has 3 aromatic rings. The third-order valence-electron chi connectivity index (χ3n) is 3.64. The minimum atomic E-state index is -0.960. The van der Waals surface area contributed by atoms with Gasteiger partial charge in [0.15, 0.2) is 0 Å². The molecule has 4 nitrogen and oxygen atoms in total. The second kappa shape index (κ2) is 4.39. The van der Waals surface area contributed by atoms with Crippen molar-refractivity contribution in [2.45, 2.75) is 18.8 Å². The average Bonchev–Trinajstić information content (AvgIpc) is 3.10. The number of halogens is 1. The molecule has 106 valence electrons. The van der Waals surface area contributed by atoms with Gasteiger partial charge in [-0.3, -0.25) is 0 Å². The molecular formula is C15H11FN2O2S. The Morgan fingerprint density at radius 1 is 1.38 bits per heavy atom. The van der Waals surface area contributed by atoms with Gasteiger partial charge in [-0.05, 0) is 31.0 Å². The fourth-order valence-corrected chi connectivity index (χ4v) is 3.45. The summed E-state index contributed by atoms with van der Waals surface area (Å²) >= 11 is 1.14. The summed E-state index contributed by atoms with van der Waals surface area (Å²) in [5, 5.41) is 14.5. The monoisotopic (exact) mass is 302 g/mol. The topological polar surface area (TPSA) is 55.1 Å². The van der Waals surface area contributed by atoms with Gasteiger partial charge < -0.3 is 5.11 Å². The summed E-state index contributed by atoms with van der Waals surface area (Å²) in [7, 11) is 0. The number of benzene rings is 1. The Morgan fingerprint density at radius 3 is 2.81 bits per heavy atom. The van der Waals surface area contributed by atoms with Crippen LogP contribution in [0.25, 0.3) is 15.9 Å². The Balaban J connectivity index is 2.00. The number of hydrogen-bond donors (Lipinski definition) is 1. The number of aromatic nitrogens is 2. The van der Waals surface area contributed by atoms with Gasteiger partial charge in [0.05, 0.1) is 5.69 Å². The van der Waals surface area contributed by atoms with Crippen molar-refractivity contribution in [3.8, 4) is 5.69 Å². The lowest BCUT2D eigenvalue weighted by molar-refractivity contribution is 0.0702. The number of carboxylic acid groups (broad SMARTS) is 1. The zero-order chi connectivity index (χ0) is 14.6. The Morgan fingerprint density at radius 2 is 2.14 bits per heavy atom. The van der Waals surface area contributed by atoms with Crippen LogP contribution in [0.2, 0.25) is 0 Å². The van der Waals surface area contributed by atoms with E-state index in [4.69, 9.17) is 0 Å². The minimum absolute atomic E-state index is 0.259. The van der Waals surface area contributed by atoms with Crippen LogP contribution in [-0.2, 0) is 0 Å². The van der Waals surface area contributed by atoms with E-state index in [1.54, 1.807) is 24.3 Å². The standard InChI is InChI=1S/C15H11FN2O2S/c16-10-3-1-2-4-11(10)18-14-9(7-12(21-14)15(19)20)13(17-18)8-5-6-8/h1-4,7-8H,5-6H2,(H,19,20). The lowest BCUT2D eigenvalue weighted by atomic mass is 10.2. The Labute approximate surface area is 123 Å². The molecule has 0 amide bonds. The largest absolute Gasteiger partial charge is 0.477 e. The first kappa shape index (κ1) is 12.5. The fourth-order valence-electron chi connectivity index (χ4n) is 2.48. The molecule has 0 spiro atoms. The van der Waals surface area contributed by atoms with Crippen molar-refractivity contribution in [1.82, 2.24) is 9.78 Å². The normalized spacial score (nSPS) is 14.7. The summed E-state index contributed by atoms with van der Waals surface area (Å²) in [4.78, 5) is 12.1. The first-order valence-electron chi connectivity index (χ1n) is 6.66. The van der Waals surface area contributed by atoms with Crippen molar-refractivity contribution in [1.29, 1.82) is 0 Å². The predicted molar refractivity (Wildman–Crippen MR) is 77.8 cm³/mol. The number of aromatic carboxylic acids is 1. The minimum Gasteiger partial charge on any atom is -0.477 e. The van der Waals surface area contributed by atoms with Gasteiger partial charge in [0.25, 0.3) is 0 Å². The summed E-state index contributed by atoms with van der Waals surface area (Å²) in [6.45, 7) is 0. The molecule has 0 atom stereocenters. The zero-order valence-corrected chi connectivity index (χ0v) is 11.7. The molecule has 1 fully saturated rings. The van der Waals surface area contributed by atoms with Gasteiger partial charge in [-0.1, -0.05) is 12.1 Å². The maximum absolute atomic E-state index is 14.0. The maximum Gasteiger partial charge on any atom is 0.345 e. The van der Waals surface area contributed by atoms with E-state index in [2.05, 4.69) is 5.10 Å². The van der Waals surface area contributed by atoms with E-state index in [0.717, 1.165) is 35.3 Å². The van der Waals surface area contributed by atoms with Crippen molar-refractivity contribution in [3.05, 3.63) is 46.7 Å². The first-order valence-corrected chi connectivity index (χ1v) is 7.47. The number of hydrogen-bond acceptors (Lipinski definition) is 3. The van der Waals surface area contributed by atoms with E-state index in [1.807, 2.05) is 0 Å². The highest BCUT2D eigenvalue weighted by atomic mass is 32.1. The molecule has 2 heterocycles. The quantitative estimate of drug-likeness (QED) is 0.800. The number of rotatable bonds is 3. The van der Waals surface area contributed by atoms with Crippen LogP contribution in [0.4, 0.5) is 4.39 Å². The van der Waals surface area contributed by atoms with Gasteiger partial charge in [-0.25, -0.2) is 13.9 Å². The van der Waals surface area contributed by atoms with Gasteiger partial charge in [0.1, 0.15) is 21.2 Å². The van der Waals surface area contributed by atoms with Crippen molar-refractivity contribution < 1.29 is 14.3 Å². The number of thiophene rings is 1. The number of nitrogens with zero attached hydrogens (tertiary/aromatic N) is 2. The van der Waals surface area contributed by atoms with Crippen molar-refractivity contribution in [2.75, 3.05) is 0 Å². The molecule has 6 heteroatoms. The molecule has 1 aromatic carbocycles. The van der Waals surface area contributed by atoms with Gasteiger partial charge in [0.2, 0.25) is 0 Å². The fraction of sp³-hybridized carbons (Fsp3) is 0.200. The third-order valence-corrected chi connectivity index (χ3v) is 4.74. The van der Waals surface area contributed by atoms with E-state index < -0.39 is 5.97 Å². The van der Waals surface area contributed by atoms with Crippen LogP contribution in [0.5, 0.6) is 0 Å². The molecule has 4 rings (SSSR count). The van der Waals surface area contributed by atoms with Crippen molar-refractivity contribution in [3.63, 3.8) is 0 Å². The number of para-hydroxylation sites is 1. The van der Waals surface area contributed by atoms with Crippen LogP contribution in [0.15, 0.2) is 30.3 Å². The molecule has 0 saturated heterocycles. The van der Waals surface area contributed by atoms with E-state index in [9.17, 15) is 14.3 Å². The molecule has 2 aromatic heterocycles. The number of fused-ring (bicyclic) bond motifs is 1. The van der Waals surface area contributed by atoms with Crippen molar-refractivity contribution in [2.24, 2.45) is 0 Å². The van der Waals surface area contributed by atoms with Crippen LogP contribution in [-0.4, -0.2) is 20.9 Å². The molecule has 1 saturated carbocycles. The molecular weight excluding hydrogens is 291 g/mol. The van der Waals surface area contributed by atoms with Gasteiger partial charge in [-0.15, -0.1) is 11.3 Å². The molecule has 1 aliphatic carbocycles. The summed E-state index contributed by atoms with van der Waals surface area (Å²) in [6, 6.07) is 8.05. The molecule has 1 N–H and O–H groups in total. The lowest BCUT2D eigenvalue weighted by Crippen LogP contribution is -1.99.